The maximum Gasteiger partial charge on any atom is 0.342 e. The fourth-order valence-corrected chi connectivity index (χ4v) is 4.36. The van der Waals surface area contributed by atoms with Crippen LogP contribution in [0.15, 0.2) is 29.4 Å². The zero-order valence-corrected chi connectivity index (χ0v) is 12.6. The first-order valence-electron chi connectivity index (χ1n) is 7.49. The molecule has 21 heavy (non-hydrogen) atoms. The minimum Gasteiger partial charge on any atom is -0.609 e. The summed E-state index contributed by atoms with van der Waals surface area (Å²) < 4.78 is 13.9. The molecule has 2 aliphatic rings. The minimum atomic E-state index is -1.01. The van der Waals surface area contributed by atoms with Crippen molar-refractivity contribution >= 4 is 17.1 Å². The molecule has 6 heteroatoms. The third-order valence-corrected chi connectivity index (χ3v) is 5.60. The van der Waals surface area contributed by atoms with E-state index >= 15 is 0 Å². The van der Waals surface area contributed by atoms with Gasteiger partial charge >= 0.3 is 5.16 Å². The normalized spacial score (nSPS) is 24.2. The molecule has 1 N–H and O–H groups in total. The van der Waals surface area contributed by atoms with Crippen LogP contribution in [0.1, 0.15) is 36.4 Å². The average Bonchev–Trinajstić information content (AvgIpc) is 3.05. The van der Waals surface area contributed by atoms with Crippen LogP contribution in [0.25, 0.3) is 0 Å². The number of fused-ring (bicyclic) bond motifs is 2. The van der Waals surface area contributed by atoms with E-state index in [1.807, 2.05) is 4.68 Å². The van der Waals surface area contributed by atoms with E-state index < -0.39 is 11.2 Å². The van der Waals surface area contributed by atoms with Crippen molar-refractivity contribution in [3.05, 3.63) is 35.4 Å². The minimum absolute atomic E-state index is 0.265. The maximum absolute atomic E-state index is 12.1. The Morgan fingerprint density at radius 2 is 2.19 bits per heavy atom. The Labute approximate surface area is 127 Å². The van der Waals surface area contributed by atoms with Gasteiger partial charge in [-0.3, -0.25) is 0 Å². The van der Waals surface area contributed by atoms with Crippen molar-refractivity contribution in [1.29, 1.82) is 0 Å². The Kier molecular flexibility index (Phi) is 3.35. The van der Waals surface area contributed by atoms with Crippen LogP contribution in [0.3, 0.4) is 0 Å². The van der Waals surface area contributed by atoms with Gasteiger partial charge in [0.05, 0.1) is 6.04 Å². The third kappa shape index (κ3) is 2.42. The first-order valence-corrected chi connectivity index (χ1v) is 8.81. The highest BCUT2D eigenvalue weighted by atomic mass is 32.2. The number of hydrogen-bond donors (Lipinski definition) is 1. The summed E-state index contributed by atoms with van der Waals surface area (Å²) in [5.74, 6) is 1.31. The van der Waals surface area contributed by atoms with Gasteiger partial charge in [-0.05, 0) is 36.8 Å². The van der Waals surface area contributed by atoms with Crippen molar-refractivity contribution in [3.8, 4) is 0 Å². The molecular weight excluding hydrogens is 284 g/mol. The molecule has 0 saturated carbocycles. The third-order valence-electron chi connectivity index (χ3n) is 4.23. The predicted octanol–water partition coefficient (Wildman–Crippen LogP) is 2.28. The van der Waals surface area contributed by atoms with Crippen molar-refractivity contribution < 1.29 is 4.55 Å². The second kappa shape index (κ2) is 5.35. The Morgan fingerprint density at radius 3 is 3.14 bits per heavy atom. The highest BCUT2D eigenvalue weighted by molar-refractivity contribution is 7.91. The number of aryl methyl sites for hydroxylation is 2. The van der Waals surface area contributed by atoms with Crippen LogP contribution in [0, 0.1) is 0 Å². The van der Waals surface area contributed by atoms with E-state index in [-0.39, 0.29) is 6.04 Å². The molecule has 110 valence electrons. The van der Waals surface area contributed by atoms with Crippen LogP contribution in [-0.4, -0.2) is 25.1 Å². The molecule has 0 saturated heterocycles. The Balaban J connectivity index is 1.58. The second-order valence-electron chi connectivity index (χ2n) is 5.63. The topological polar surface area (TPSA) is 65.8 Å². The van der Waals surface area contributed by atoms with Gasteiger partial charge in [0.25, 0.3) is 0 Å². The molecule has 1 aromatic heterocycles. The molecule has 2 aromatic rings. The zero-order valence-electron chi connectivity index (χ0n) is 11.8. The van der Waals surface area contributed by atoms with Gasteiger partial charge in [-0.2, -0.15) is 0 Å². The molecule has 1 aromatic carbocycles. The number of rotatable bonds is 2. The average molecular weight is 302 g/mol. The lowest BCUT2D eigenvalue weighted by Crippen LogP contribution is -2.10. The molecule has 4 rings (SSSR count). The van der Waals surface area contributed by atoms with E-state index in [1.54, 1.807) is 0 Å². The standard InChI is InChI=1S/C15H18N4OS/c20-21-10-4-3-9-19-15(21)17-14(18-19)16-13-8-7-11-5-1-2-6-12(11)13/h1-2,5-6,13H,3-4,7-10H2,(H,16,18)/t13-,21?/m1/s1. The second-order valence-corrected chi connectivity index (χ2v) is 7.10. The molecule has 5 nitrogen and oxygen atoms in total. The number of hydrogen-bond acceptors (Lipinski definition) is 4. The molecule has 2 heterocycles. The zero-order chi connectivity index (χ0) is 14.2. The van der Waals surface area contributed by atoms with Crippen LogP contribution in [0.4, 0.5) is 5.95 Å². The molecule has 1 unspecified atom stereocenters. The fourth-order valence-electron chi connectivity index (χ4n) is 3.15. The van der Waals surface area contributed by atoms with Crippen molar-refractivity contribution in [2.75, 3.05) is 11.1 Å². The Bertz CT molecular complexity index is 657. The summed E-state index contributed by atoms with van der Waals surface area (Å²) in [5, 5.41) is 8.54. The molecule has 1 aliphatic carbocycles. The highest BCUT2D eigenvalue weighted by Crippen LogP contribution is 2.33. The van der Waals surface area contributed by atoms with E-state index in [2.05, 4.69) is 39.7 Å². The number of benzene rings is 1. The van der Waals surface area contributed by atoms with Gasteiger partial charge in [0.15, 0.2) is 0 Å². The van der Waals surface area contributed by atoms with E-state index in [0.29, 0.717) is 16.9 Å². The summed E-state index contributed by atoms with van der Waals surface area (Å²) >= 11 is -1.01. The van der Waals surface area contributed by atoms with Gasteiger partial charge in [0.1, 0.15) is 5.75 Å². The number of anilines is 1. The monoisotopic (exact) mass is 302 g/mol. The number of nitrogens with zero attached hydrogens (tertiary/aromatic N) is 3. The number of nitrogens with one attached hydrogen (secondary N) is 1. The first kappa shape index (κ1) is 13.2. The Morgan fingerprint density at radius 1 is 1.29 bits per heavy atom. The van der Waals surface area contributed by atoms with E-state index in [9.17, 15) is 4.55 Å². The maximum atomic E-state index is 12.1. The van der Waals surface area contributed by atoms with Gasteiger partial charge in [-0.25, -0.2) is 4.68 Å². The van der Waals surface area contributed by atoms with Crippen LogP contribution in [0.2, 0.25) is 0 Å². The van der Waals surface area contributed by atoms with E-state index in [4.69, 9.17) is 0 Å². The molecule has 0 spiro atoms. The molecule has 0 bridgehead atoms. The Hall–Kier alpha value is -1.53. The van der Waals surface area contributed by atoms with Crippen LogP contribution in [0.5, 0.6) is 0 Å². The number of aromatic nitrogens is 3. The van der Waals surface area contributed by atoms with E-state index in [1.165, 1.54) is 11.1 Å². The smallest absolute Gasteiger partial charge is 0.342 e. The van der Waals surface area contributed by atoms with Crippen molar-refractivity contribution in [1.82, 2.24) is 14.8 Å². The fraction of sp³-hybridized carbons (Fsp3) is 0.467. The molecule has 1 aliphatic heterocycles. The lowest BCUT2D eigenvalue weighted by molar-refractivity contribution is 0.528. The lowest BCUT2D eigenvalue weighted by Gasteiger charge is -2.11. The van der Waals surface area contributed by atoms with Crippen molar-refractivity contribution in [2.24, 2.45) is 0 Å². The summed E-state index contributed by atoms with van der Waals surface area (Å²) in [6, 6.07) is 8.77. The van der Waals surface area contributed by atoms with E-state index in [0.717, 1.165) is 32.2 Å². The summed E-state index contributed by atoms with van der Waals surface area (Å²) in [6.07, 6.45) is 4.16. The quantitative estimate of drug-likeness (QED) is 0.864. The van der Waals surface area contributed by atoms with Gasteiger partial charge in [0, 0.05) is 17.7 Å². The molecule has 0 fully saturated rings. The molecular formula is C15H18N4OS. The van der Waals surface area contributed by atoms with Crippen LogP contribution >= 0.6 is 0 Å². The highest BCUT2D eigenvalue weighted by Gasteiger charge is 2.27. The van der Waals surface area contributed by atoms with Crippen LogP contribution in [-0.2, 0) is 24.1 Å². The first-order chi connectivity index (χ1) is 10.3. The molecule has 2 atom stereocenters. The molecule has 0 amide bonds. The summed E-state index contributed by atoms with van der Waals surface area (Å²) in [7, 11) is 0. The van der Waals surface area contributed by atoms with Gasteiger partial charge in [0.2, 0.25) is 5.95 Å². The largest absolute Gasteiger partial charge is 0.609 e. The van der Waals surface area contributed by atoms with Crippen molar-refractivity contribution in [3.63, 3.8) is 0 Å². The predicted molar refractivity (Wildman–Crippen MR) is 81.7 cm³/mol. The summed E-state index contributed by atoms with van der Waals surface area (Å²) in [6.45, 7) is 0.816. The van der Waals surface area contributed by atoms with Gasteiger partial charge < -0.3 is 9.87 Å². The SMILES string of the molecule is [O-][S+]1CCCCn2nc(N[C@@H]3CCc4ccccc43)nc21. The van der Waals surface area contributed by atoms with Gasteiger partial charge in [-0.1, -0.05) is 24.3 Å². The van der Waals surface area contributed by atoms with Crippen LogP contribution < -0.4 is 5.32 Å². The van der Waals surface area contributed by atoms with Crippen molar-refractivity contribution in [2.45, 2.75) is 43.4 Å². The van der Waals surface area contributed by atoms with Gasteiger partial charge in [-0.15, -0.1) is 10.1 Å². The summed E-state index contributed by atoms with van der Waals surface area (Å²) in [4.78, 5) is 4.47. The summed E-state index contributed by atoms with van der Waals surface area (Å²) in [5.41, 5.74) is 2.74. The lowest BCUT2D eigenvalue weighted by atomic mass is 10.1. The molecule has 0 radical (unpaired) electrons.